The molecule has 0 aliphatic heterocycles. The van der Waals surface area contributed by atoms with Crippen LogP contribution in [-0.2, 0) is 26.2 Å². The van der Waals surface area contributed by atoms with E-state index < -0.39 is 28.5 Å². The van der Waals surface area contributed by atoms with Crippen LogP contribution in [0.2, 0.25) is 0 Å². The fourth-order valence-corrected chi connectivity index (χ4v) is 6.14. The van der Waals surface area contributed by atoms with Crippen LogP contribution < -0.4 is 14.4 Å². The highest BCUT2D eigenvalue weighted by molar-refractivity contribution is 9.10. The lowest BCUT2D eigenvalue weighted by atomic mass is 10.1. The average Bonchev–Trinajstić information content (AvgIpc) is 2.96. The Bertz CT molecular complexity index is 1410. The third-order valence-corrected chi connectivity index (χ3v) is 8.99. The maximum absolute atomic E-state index is 14.1. The van der Waals surface area contributed by atoms with Crippen molar-refractivity contribution in [3.05, 3.63) is 88.4 Å². The molecule has 0 saturated carbocycles. The number of hydrogen-bond donors (Lipinski definition) is 1. The van der Waals surface area contributed by atoms with E-state index in [9.17, 15) is 18.0 Å². The Labute approximate surface area is 251 Å². The molecule has 41 heavy (non-hydrogen) atoms. The van der Waals surface area contributed by atoms with Crippen LogP contribution in [0.3, 0.4) is 0 Å². The summed E-state index contributed by atoms with van der Waals surface area (Å²) in [6.07, 6.45) is 2.10. The predicted octanol–water partition coefficient (Wildman–Crippen LogP) is 5.69. The maximum atomic E-state index is 14.1. The van der Waals surface area contributed by atoms with Gasteiger partial charge in [-0.15, -0.1) is 0 Å². The molecule has 3 aromatic rings. The fourth-order valence-electron chi connectivity index (χ4n) is 4.35. The molecular weight excluding hydrogens is 606 g/mol. The fraction of sp³-hybridized carbons (Fsp3) is 0.355. The van der Waals surface area contributed by atoms with Crippen LogP contribution in [0.4, 0.5) is 5.69 Å². The number of benzene rings is 3. The third-order valence-electron chi connectivity index (χ3n) is 6.71. The number of hydrogen-bond acceptors (Lipinski definition) is 5. The number of halogens is 1. The van der Waals surface area contributed by atoms with Gasteiger partial charge in [-0.1, -0.05) is 72.1 Å². The lowest BCUT2D eigenvalue weighted by Gasteiger charge is -2.33. The minimum Gasteiger partial charge on any atom is -0.497 e. The molecule has 220 valence electrons. The van der Waals surface area contributed by atoms with E-state index in [4.69, 9.17) is 4.74 Å². The number of rotatable bonds is 14. The van der Waals surface area contributed by atoms with Gasteiger partial charge in [0.15, 0.2) is 0 Å². The van der Waals surface area contributed by atoms with Crippen molar-refractivity contribution in [3.63, 3.8) is 0 Å². The number of methoxy groups -OCH3 is 1. The highest BCUT2D eigenvalue weighted by Gasteiger charge is 2.33. The normalized spacial score (nSPS) is 11.9. The van der Waals surface area contributed by atoms with Crippen LogP contribution in [0, 0.1) is 6.92 Å². The molecule has 8 nitrogen and oxygen atoms in total. The van der Waals surface area contributed by atoms with E-state index in [2.05, 4.69) is 21.2 Å². The Morgan fingerprint density at radius 1 is 1.00 bits per heavy atom. The number of nitrogens with zero attached hydrogens (tertiary/aromatic N) is 2. The van der Waals surface area contributed by atoms with Crippen molar-refractivity contribution in [2.45, 2.75) is 57.5 Å². The SMILES string of the molecule is CCCCNC(=O)[C@@H](CC)N(Cc1ccc(OC)cc1)C(=O)CN(c1cccc(Br)c1)S(=O)(=O)c1ccc(C)cc1. The van der Waals surface area contributed by atoms with Gasteiger partial charge in [0.2, 0.25) is 11.8 Å². The van der Waals surface area contributed by atoms with Crippen molar-refractivity contribution >= 4 is 43.5 Å². The van der Waals surface area contributed by atoms with Gasteiger partial charge in [-0.3, -0.25) is 13.9 Å². The highest BCUT2D eigenvalue weighted by atomic mass is 79.9. The third kappa shape index (κ3) is 8.56. The molecule has 1 atom stereocenters. The molecular formula is C31H38BrN3O5S. The van der Waals surface area contributed by atoms with E-state index in [1.165, 1.54) is 17.0 Å². The van der Waals surface area contributed by atoms with Gasteiger partial charge in [-0.05, 0) is 67.8 Å². The second-order valence-corrected chi connectivity index (χ2v) is 12.5. The summed E-state index contributed by atoms with van der Waals surface area (Å²) in [5.74, 6) is -0.0896. The van der Waals surface area contributed by atoms with Gasteiger partial charge in [0, 0.05) is 17.6 Å². The van der Waals surface area contributed by atoms with Gasteiger partial charge < -0.3 is 15.0 Å². The van der Waals surface area contributed by atoms with Crippen LogP contribution in [0.15, 0.2) is 82.2 Å². The number of carbonyl (C=O) groups excluding carboxylic acids is 2. The molecule has 3 rings (SSSR count). The number of ether oxygens (including phenoxy) is 1. The summed E-state index contributed by atoms with van der Waals surface area (Å²) in [5, 5.41) is 2.94. The van der Waals surface area contributed by atoms with Crippen LogP contribution in [0.1, 0.15) is 44.2 Å². The van der Waals surface area contributed by atoms with Crippen molar-refractivity contribution in [3.8, 4) is 5.75 Å². The topological polar surface area (TPSA) is 96.0 Å². The summed E-state index contributed by atoms with van der Waals surface area (Å²) >= 11 is 3.42. The summed E-state index contributed by atoms with van der Waals surface area (Å²) in [4.78, 5) is 28.9. The van der Waals surface area contributed by atoms with Gasteiger partial charge in [-0.25, -0.2) is 8.42 Å². The number of anilines is 1. The van der Waals surface area contributed by atoms with Gasteiger partial charge in [-0.2, -0.15) is 0 Å². The molecule has 1 N–H and O–H groups in total. The van der Waals surface area contributed by atoms with E-state index in [-0.39, 0.29) is 17.3 Å². The molecule has 0 unspecified atom stereocenters. The lowest BCUT2D eigenvalue weighted by Crippen LogP contribution is -2.52. The zero-order valence-electron chi connectivity index (χ0n) is 24.0. The summed E-state index contributed by atoms with van der Waals surface area (Å²) in [6.45, 7) is 5.89. The summed E-state index contributed by atoms with van der Waals surface area (Å²) in [7, 11) is -2.55. The van der Waals surface area contributed by atoms with Crippen molar-refractivity contribution in [1.82, 2.24) is 10.2 Å². The minimum absolute atomic E-state index is 0.0712. The second-order valence-electron chi connectivity index (χ2n) is 9.74. The number of amides is 2. The monoisotopic (exact) mass is 643 g/mol. The van der Waals surface area contributed by atoms with Crippen LogP contribution in [-0.4, -0.2) is 51.4 Å². The van der Waals surface area contributed by atoms with Gasteiger partial charge >= 0.3 is 0 Å². The van der Waals surface area contributed by atoms with Crippen molar-refractivity contribution < 1.29 is 22.7 Å². The van der Waals surface area contributed by atoms with Crippen molar-refractivity contribution in [2.24, 2.45) is 0 Å². The quantitative estimate of drug-likeness (QED) is 0.228. The summed E-state index contributed by atoms with van der Waals surface area (Å²) < 4.78 is 34.9. The molecule has 0 aromatic heterocycles. The highest BCUT2D eigenvalue weighted by Crippen LogP contribution is 2.27. The lowest BCUT2D eigenvalue weighted by molar-refractivity contribution is -0.140. The molecule has 0 radical (unpaired) electrons. The molecule has 10 heteroatoms. The molecule has 0 heterocycles. The van der Waals surface area contributed by atoms with Crippen LogP contribution in [0.25, 0.3) is 0 Å². The zero-order valence-corrected chi connectivity index (χ0v) is 26.4. The van der Waals surface area contributed by atoms with Gasteiger partial charge in [0.25, 0.3) is 10.0 Å². The van der Waals surface area contributed by atoms with Gasteiger partial charge in [0.1, 0.15) is 18.3 Å². The Hall–Kier alpha value is -3.37. The number of nitrogens with one attached hydrogen (secondary N) is 1. The Morgan fingerprint density at radius 3 is 2.27 bits per heavy atom. The van der Waals surface area contributed by atoms with E-state index in [1.54, 1.807) is 55.6 Å². The average molecular weight is 645 g/mol. The first-order valence-electron chi connectivity index (χ1n) is 13.7. The first-order valence-corrected chi connectivity index (χ1v) is 15.9. The van der Waals surface area contributed by atoms with Gasteiger partial charge in [0.05, 0.1) is 17.7 Å². The zero-order chi connectivity index (χ0) is 30.0. The summed E-state index contributed by atoms with van der Waals surface area (Å²) in [6, 6.07) is 19.8. The van der Waals surface area contributed by atoms with Crippen LogP contribution in [0.5, 0.6) is 5.75 Å². The van der Waals surface area contributed by atoms with E-state index >= 15 is 0 Å². The molecule has 0 aliphatic carbocycles. The number of unbranched alkanes of at least 4 members (excludes halogenated alkanes) is 1. The molecule has 0 spiro atoms. The smallest absolute Gasteiger partial charge is 0.264 e. The molecule has 0 saturated heterocycles. The van der Waals surface area contributed by atoms with E-state index in [0.717, 1.165) is 28.3 Å². The minimum atomic E-state index is -4.12. The summed E-state index contributed by atoms with van der Waals surface area (Å²) in [5.41, 5.74) is 2.03. The Kier molecular flexibility index (Phi) is 11.8. The number of carbonyl (C=O) groups is 2. The molecule has 0 fully saturated rings. The Balaban J connectivity index is 2.03. The predicted molar refractivity (Wildman–Crippen MR) is 165 cm³/mol. The van der Waals surface area contributed by atoms with Crippen molar-refractivity contribution in [1.29, 1.82) is 0 Å². The molecule has 0 aliphatic rings. The first-order chi connectivity index (χ1) is 19.6. The van der Waals surface area contributed by atoms with Crippen molar-refractivity contribution in [2.75, 3.05) is 24.5 Å². The Morgan fingerprint density at radius 2 is 1.68 bits per heavy atom. The van der Waals surface area contributed by atoms with E-state index in [1.807, 2.05) is 32.9 Å². The molecule has 2 amide bonds. The largest absolute Gasteiger partial charge is 0.497 e. The first kappa shape index (κ1) is 32.1. The van der Waals surface area contributed by atoms with E-state index in [0.29, 0.717) is 28.9 Å². The number of sulfonamides is 1. The van der Waals surface area contributed by atoms with Crippen LogP contribution >= 0.6 is 15.9 Å². The molecule has 3 aromatic carbocycles. The molecule has 0 bridgehead atoms. The second kappa shape index (κ2) is 15.0. The maximum Gasteiger partial charge on any atom is 0.264 e. The number of aryl methyl sites for hydroxylation is 1. The standard InChI is InChI=1S/C31H38BrN3O5S/c1-5-7-19-33-31(37)29(6-2)34(21-24-13-15-27(40-4)16-14-24)30(36)22-35(26-10-8-9-25(32)20-26)41(38,39)28-17-11-23(3)12-18-28/h8-18,20,29H,5-7,19,21-22H2,1-4H3,(H,33,37)/t29-/m1/s1.